The molecular formula is C20H30O2. The molecule has 0 aliphatic heterocycles. The molecule has 122 valence electrons. The molecule has 2 N–H and O–H groups in total. The first-order chi connectivity index (χ1) is 10.5. The van der Waals surface area contributed by atoms with Crippen LogP contribution in [0.15, 0.2) is 23.3 Å². The van der Waals surface area contributed by atoms with Gasteiger partial charge in [-0.05, 0) is 85.2 Å². The minimum atomic E-state index is -0.268. The van der Waals surface area contributed by atoms with Crippen molar-refractivity contribution < 1.29 is 10.2 Å². The molecule has 0 saturated heterocycles. The number of allylic oxidation sites excluding steroid dienone is 2. The van der Waals surface area contributed by atoms with Crippen molar-refractivity contribution in [1.82, 2.24) is 0 Å². The molecule has 0 aromatic carbocycles. The van der Waals surface area contributed by atoms with Gasteiger partial charge in [0.25, 0.3) is 0 Å². The van der Waals surface area contributed by atoms with E-state index in [1.165, 1.54) is 37.7 Å². The predicted molar refractivity (Wildman–Crippen MR) is 88.3 cm³/mol. The second-order valence-corrected chi connectivity index (χ2v) is 8.48. The SMILES string of the molecule is CC[C@@]12CCC3=CC(O)CC=C3C1CC[C@@]1(C)C2CC[C@@H]1O. The third-order valence-corrected chi connectivity index (χ3v) is 7.88. The van der Waals surface area contributed by atoms with Gasteiger partial charge < -0.3 is 10.2 Å². The van der Waals surface area contributed by atoms with E-state index in [1.54, 1.807) is 5.57 Å². The van der Waals surface area contributed by atoms with Crippen molar-refractivity contribution in [3.8, 4) is 0 Å². The Bertz CT molecular complexity index is 534. The van der Waals surface area contributed by atoms with E-state index in [0.717, 1.165) is 19.3 Å². The van der Waals surface area contributed by atoms with Crippen molar-refractivity contribution in [2.24, 2.45) is 22.7 Å². The highest BCUT2D eigenvalue weighted by molar-refractivity contribution is 5.42. The summed E-state index contributed by atoms with van der Waals surface area (Å²) in [7, 11) is 0. The van der Waals surface area contributed by atoms with Crippen molar-refractivity contribution in [2.45, 2.75) is 77.4 Å². The van der Waals surface area contributed by atoms with Crippen molar-refractivity contribution >= 4 is 0 Å². The minimum absolute atomic E-state index is 0.0963. The van der Waals surface area contributed by atoms with Crippen LogP contribution < -0.4 is 0 Å². The summed E-state index contributed by atoms with van der Waals surface area (Å²) in [4.78, 5) is 0. The highest BCUT2D eigenvalue weighted by Gasteiger charge is 2.61. The maximum atomic E-state index is 10.6. The fourth-order valence-electron chi connectivity index (χ4n) is 6.71. The lowest BCUT2D eigenvalue weighted by molar-refractivity contribution is -0.0899. The quantitative estimate of drug-likeness (QED) is 0.769. The third kappa shape index (κ3) is 1.80. The van der Waals surface area contributed by atoms with Crippen molar-refractivity contribution in [2.75, 3.05) is 0 Å². The Morgan fingerprint density at radius 2 is 2.00 bits per heavy atom. The van der Waals surface area contributed by atoms with Gasteiger partial charge >= 0.3 is 0 Å². The van der Waals surface area contributed by atoms with Gasteiger partial charge in [-0.1, -0.05) is 26.0 Å². The van der Waals surface area contributed by atoms with Crippen LogP contribution in [0, 0.1) is 22.7 Å². The maximum absolute atomic E-state index is 10.6. The molecular weight excluding hydrogens is 272 g/mol. The van der Waals surface area contributed by atoms with Crippen LogP contribution in [0.5, 0.6) is 0 Å². The molecule has 3 unspecified atom stereocenters. The molecule has 0 spiro atoms. The van der Waals surface area contributed by atoms with Crippen LogP contribution in [0.4, 0.5) is 0 Å². The largest absolute Gasteiger partial charge is 0.393 e. The van der Waals surface area contributed by atoms with Crippen LogP contribution in [-0.2, 0) is 0 Å². The zero-order chi connectivity index (χ0) is 15.5. The standard InChI is InChI=1S/C20H30O2/c1-3-20-11-8-13-12-14(21)4-5-15(13)16(20)9-10-19(2)17(20)6-7-18(19)22/h5,12,14,16-18,21-22H,3-4,6-11H2,1-2H3/t14?,16?,17?,18-,19-,20+/m0/s1. The molecule has 4 rings (SSSR count). The monoisotopic (exact) mass is 302 g/mol. The summed E-state index contributed by atoms with van der Waals surface area (Å²) in [5.41, 5.74) is 3.51. The Morgan fingerprint density at radius 3 is 2.77 bits per heavy atom. The summed E-state index contributed by atoms with van der Waals surface area (Å²) in [5.74, 6) is 1.33. The molecule has 4 aliphatic carbocycles. The van der Waals surface area contributed by atoms with Crippen LogP contribution in [0.2, 0.25) is 0 Å². The molecule has 0 heterocycles. The van der Waals surface area contributed by atoms with Gasteiger partial charge in [0.2, 0.25) is 0 Å². The van der Waals surface area contributed by atoms with Gasteiger partial charge in [0.1, 0.15) is 0 Å². The average Bonchev–Trinajstić information content (AvgIpc) is 2.82. The zero-order valence-electron chi connectivity index (χ0n) is 14.0. The highest BCUT2D eigenvalue weighted by Crippen LogP contribution is 2.68. The molecule has 2 heteroatoms. The molecule has 0 aromatic heterocycles. The predicted octanol–water partition coefficient (Wildman–Crippen LogP) is 3.98. The Kier molecular flexibility index (Phi) is 3.36. The summed E-state index contributed by atoms with van der Waals surface area (Å²) < 4.78 is 0. The van der Waals surface area contributed by atoms with E-state index >= 15 is 0 Å². The number of aliphatic hydroxyl groups excluding tert-OH is 2. The fourth-order valence-corrected chi connectivity index (χ4v) is 6.71. The maximum Gasteiger partial charge on any atom is 0.0761 e. The van der Waals surface area contributed by atoms with Crippen molar-refractivity contribution in [1.29, 1.82) is 0 Å². The van der Waals surface area contributed by atoms with Crippen LogP contribution >= 0.6 is 0 Å². The summed E-state index contributed by atoms with van der Waals surface area (Å²) >= 11 is 0. The molecule has 0 radical (unpaired) electrons. The lowest BCUT2D eigenvalue weighted by Crippen LogP contribution is -2.52. The molecule has 6 atom stereocenters. The number of hydrogen-bond donors (Lipinski definition) is 2. The van der Waals surface area contributed by atoms with Crippen molar-refractivity contribution in [3.63, 3.8) is 0 Å². The zero-order valence-corrected chi connectivity index (χ0v) is 14.0. The summed E-state index contributed by atoms with van der Waals surface area (Å²) in [6.45, 7) is 4.73. The van der Waals surface area contributed by atoms with Gasteiger partial charge in [-0.25, -0.2) is 0 Å². The van der Waals surface area contributed by atoms with Crippen LogP contribution in [0.1, 0.15) is 65.2 Å². The molecule has 2 nitrogen and oxygen atoms in total. The smallest absolute Gasteiger partial charge is 0.0761 e. The molecule has 0 amide bonds. The Morgan fingerprint density at radius 1 is 1.18 bits per heavy atom. The van der Waals surface area contributed by atoms with Crippen LogP contribution in [-0.4, -0.2) is 22.4 Å². The summed E-state index contributed by atoms with van der Waals surface area (Å²) in [6.07, 6.45) is 13.1. The van der Waals surface area contributed by atoms with E-state index in [2.05, 4.69) is 26.0 Å². The van der Waals surface area contributed by atoms with E-state index in [1.807, 2.05) is 0 Å². The van der Waals surface area contributed by atoms with Gasteiger partial charge in [-0.3, -0.25) is 0 Å². The Balaban J connectivity index is 1.75. The number of fused-ring (bicyclic) bond motifs is 5. The second-order valence-electron chi connectivity index (χ2n) is 8.48. The number of hydrogen-bond acceptors (Lipinski definition) is 2. The summed E-state index contributed by atoms with van der Waals surface area (Å²) in [5, 5.41) is 20.5. The van der Waals surface area contributed by atoms with Gasteiger partial charge in [-0.15, -0.1) is 0 Å². The second kappa shape index (κ2) is 4.95. The molecule has 0 aromatic rings. The van der Waals surface area contributed by atoms with E-state index in [9.17, 15) is 10.2 Å². The Labute approximate surface area is 134 Å². The van der Waals surface area contributed by atoms with E-state index in [4.69, 9.17) is 0 Å². The first kappa shape index (κ1) is 15.0. The van der Waals surface area contributed by atoms with E-state index < -0.39 is 0 Å². The molecule has 0 bridgehead atoms. The topological polar surface area (TPSA) is 40.5 Å². The Hall–Kier alpha value is -0.600. The number of rotatable bonds is 1. The molecule has 4 aliphatic rings. The molecule has 3 saturated carbocycles. The third-order valence-electron chi connectivity index (χ3n) is 7.88. The van der Waals surface area contributed by atoms with Crippen LogP contribution in [0.3, 0.4) is 0 Å². The van der Waals surface area contributed by atoms with Crippen molar-refractivity contribution in [3.05, 3.63) is 23.3 Å². The fraction of sp³-hybridized carbons (Fsp3) is 0.800. The molecule has 22 heavy (non-hydrogen) atoms. The summed E-state index contributed by atoms with van der Waals surface area (Å²) in [6, 6.07) is 0. The number of aliphatic hydroxyl groups is 2. The minimum Gasteiger partial charge on any atom is -0.393 e. The lowest BCUT2D eigenvalue weighted by atomic mass is 9.45. The average molecular weight is 302 g/mol. The van der Waals surface area contributed by atoms with Crippen LogP contribution in [0.25, 0.3) is 0 Å². The highest BCUT2D eigenvalue weighted by atomic mass is 16.3. The first-order valence-corrected chi connectivity index (χ1v) is 9.28. The van der Waals surface area contributed by atoms with E-state index in [-0.39, 0.29) is 17.6 Å². The van der Waals surface area contributed by atoms with Gasteiger partial charge in [-0.2, -0.15) is 0 Å². The van der Waals surface area contributed by atoms with Gasteiger partial charge in [0.15, 0.2) is 0 Å². The van der Waals surface area contributed by atoms with E-state index in [0.29, 0.717) is 17.3 Å². The van der Waals surface area contributed by atoms with Gasteiger partial charge in [0, 0.05) is 0 Å². The first-order valence-electron chi connectivity index (χ1n) is 9.28. The van der Waals surface area contributed by atoms with Gasteiger partial charge in [0.05, 0.1) is 12.2 Å². The molecule has 3 fully saturated rings. The normalized spacial score (nSPS) is 50.5. The lowest BCUT2D eigenvalue weighted by Gasteiger charge is -2.59.